The van der Waals surface area contributed by atoms with E-state index in [0.29, 0.717) is 5.39 Å². The minimum Gasteiger partial charge on any atom is -0.493 e. The summed E-state index contributed by atoms with van der Waals surface area (Å²) >= 11 is 0. The van der Waals surface area contributed by atoms with Gasteiger partial charge in [-0.15, -0.1) is 0 Å². The van der Waals surface area contributed by atoms with E-state index in [1.165, 1.54) is 12.1 Å². The Morgan fingerprint density at radius 1 is 1.20 bits per heavy atom. The monoisotopic (exact) mass is 214 g/mol. The van der Waals surface area contributed by atoms with Gasteiger partial charge in [0.15, 0.2) is 11.5 Å². The maximum Gasteiger partial charge on any atom is 0.336 e. The van der Waals surface area contributed by atoms with E-state index in [9.17, 15) is 4.79 Å². The van der Waals surface area contributed by atoms with Crippen molar-refractivity contribution >= 4 is 11.0 Å². The third-order valence-electron chi connectivity index (χ3n) is 1.91. The maximum atomic E-state index is 11.2. The van der Waals surface area contributed by atoms with Gasteiger partial charge < -0.3 is 13.9 Å². The van der Waals surface area contributed by atoms with Crippen molar-refractivity contribution in [2.45, 2.75) is 0 Å². The fraction of sp³-hybridized carbons (Fsp3) is 0.182. The van der Waals surface area contributed by atoms with Crippen LogP contribution < -0.4 is 15.1 Å². The number of benzene rings is 1. The molecule has 0 saturated carbocycles. The van der Waals surface area contributed by atoms with Gasteiger partial charge in [-0.05, 0) is 12.1 Å². The lowest BCUT2D eigenvalue weighted by molar-refractivity contribution is 0.355. The Balaban J connectivity index is 2.59. The topological polar surface area (TPSA) is 48.7 Å². The highest BCUT2D eigenvalue weighted by molar-refractivity contribution is 5.80. The second-order valence-corrected chi connectivity index (χ2v) is 2.80. The zero-order chi connectivity index (χ0) is 15.8. The molecule has 0 N–H and O–H groups in total. The molecule has 2 rings (SSSR count). The summed E-state index contributed by atoms with van der Waals surface area (Å²) in [5.41, 5.74) is -0.577. The summed E-state index contributed by atoms with van der Waals surface area (Å²) in [4.78, 5) is 11.2. The SMILES string of the molecule is [2H][13C]([2H])([2H])Oc1cc2ccc(=O)oc2cc1O[13C]([2H])([2H])[2H]. The van der Waals surface area contributed by atoms with Crippen LogP contribution in [0.2, 0.25) is 0 Å². The molecule has 4 nitrogen and oxygen atoms in total. The van der Waals surface area contributed by atoms with Gasteiger partial charge in [-0.3, -0.25) is 0 Å². The molecule has 4 heteroatoms. The maximum absolute atomic E-state index is 11.2. The van der Waals surface area contributed by atoms with Crippen molar-refractivity contribution in [1.29, 1.82) is 0 Å². The molecule has 0 spiro atoms. The van der Waals surface area contributed by atoms with Crippen LogP contribution in [0, 0.1) is 0 Å². The number of hydrogen-bond donors (Lipinski definition) is 0. The van der Waals surface area contributed by atoms with E-state index in [0.717, 1.165) is 12.1 Å². The summed E-state index contributed by atoms with van der Waals surface area (Å²) < 4.78 is 56.8. The molecule has 0 aliphatic carbocycles. The third-order valence-corrected chi connectivity index (χ3v) is 1.91. The Morgan fingerprint density at radius 2 is 1.93 bits per heavy atom. The van der Waals surface area contributed by atoms with Gasteiger partial charge in [0.1, 0.15) is 5.58 Å². The molecule has 15 heavy (non-hydrogen) atoms. The smallest absolute Gasteiger partial charge is 0.336 e. The van der Waals surface area contributed by atoms with E-state index in [1.54, 1.807) is 0 Å². The fourth-order valence-corrected chi connectivity index (χ4v) is 1.24. The standard InChI is InChI=1S/C11H10O4/c1-13-9-5-7-3-4-11(12)15-8(7)6-10(9)14-2/h3-6H,1-2H3/i1+1D3,2+1D3. The zero-order valence-electron chi connectivity index (χ0n) is 13.4. The lowest BCUT2D eigenvalue weighted by Gasteiger charge is -2.07. The third kappa shape index (κ3) is 1.66. The van der Waals surface area contributed by atoms with Crippen LogP contribution in [0.4, 0.5) is 0 Å². The first-order valence-electron chi connectivity index (χ1n) is 6.99. The van der Waals surface area contributed by atoms with Crippen molar-refractivity contribution in [3.63, 3.8) is 0 Å². The Kier molecular flexibility index (Phi) is 1.14. The summed E-state index contributed by atoms with van der Waals surface area (Å²) in [6.07, 6.45) is 0. The van der Waals surface area contributed by atoms with Gasteiger partial charge in [-0.2, -0.15) is 0 Å². The largest absolute Gasteiger partial charge is 0.493 e. The predicted octanol–water partition coefficient (Wildman–Crippen LogP) is 1.81. The summed E-state index contributed by atoms with van der Waals surface area (Å²) in [7, 11) is -5.59. The van der Waals surface area contributed by atoms with Crippen LogP contribution >= 0.6 is 0 Å². The van der Waals surface area contributed by atoms with E-state index in [2.05, 4.69) is 4.74 Å². The summed E-state index contributed by atoms with van der Waals surface area (Å²) in [5.74, 6) is -0.638. The fourth-order valence-electron chi connectivity index (χ4n) is 1.24. The van der Waals surface area contributed by atoms with Crippen LogP contribution in [-0.4, -0.2) is 14.1 Å². The van der Waals surface area contributed by atoms with E-state index in [1.807, 2.05) is 0 Å². The summed E-state index contributed by atoms with van der Waals surface area (Å²) in [6.45, 7) is 0. The van der Waals surface area contributed by atoms with Crippen molar-refractivity contribution in [2.75, 3.05) is 14.1 Å². The van der Waals surface area contributed by atoms with Crippen molar-refractivity contribution in [3.05, 3.63) is 34.7 Å². The minimum absolute atomic E-state index is 0.0552. The molecule has 1 aromatic carbocycles. The average Bonchev–Trinajstić information content (AvgIpc) is 2.26. The highest BCUT2D eigenvalue weighted by Crippen LogP contribution is 2.31. The Morgan fingerprint density at radius 3 is 2.67 bits per heavy atom. The number of fused-ring (bicyclic) bond motifs is 1. The quantitative estimate of drug-likeness (QED) is 0.565. The van der Waals surface area contributed by atoms with E-state index >= 15 is 0 Å². The average molecular weight is 214 g/mol. The second-order valence-electron chi connectivity index (χ2n) is 2.80. The van der Waals surface area contributed by atoms with Crippen molar-refractivity contribution in [1.82, 2.24) is 0 Å². The molecule has 78 valence electrons. The van der Waals surface area contributed by atoms with E-state index in [-0.39, 0.29) is 17.1 Å². The number of ether oxygens (including phenoxy) is 2. The van der Waals surface area contributed by atoms with Crippen LogP contribution in [-0.2, 0) is 0 Å². The van der Waals surface area contributed by atoms with Gasteiger partial charge in [0, 0.05) is 17.5 Å². The van der Waals surface area contributed by atoms with Gasteiger partial charge >= 0.3 is 5.63 Å². The van der Waals surface area contributed by atoms with Crippen LogP contribution in [0.3, 0.4) is 0 Å². The first-order valence-corrected chi connectivity index (χ1v) is 3.99. The Labute approximate surface area is 94.5 Å². The molecule has 0 bridgehead atoms. The number of methoxy groups -OCH3 is 2. The minimum atomic E-state index is -2.81. The van der Waals surface area contributed by atoms with Crippen molar-refractivity contribution < 1.29 is 22.1 Å². The highest BCUT2D eigenvalue weighted by atomic mass is 16.6. The molecule has 0 unspecified atom stereocenters. The lowest BCUT2D eigenvalue weighted by atomic mass is 10.2. The molecule has 0 aliphatic rings. The first kappa shape index (κ1) is 4.70. The van der Waals surface area contributed by atoms with Gasteiger partial charge in [0.05, 0.1) is 22.3 Å². The van der Waals surface area contributed by atoms with Crippen LogP contribution in [0.25, 0.3) is 11.0 Å². The second kappa shape index (κ2) is 3.65. The molecule has 0 radical (unpaired) electrons. The molecule has 0 atom stereocenters. The van der Waals surface area contributed by atoms with Gasteiger partial charge in [-0.1, -0.05) is 0 Å². The molecular weight excluding hydrogens is 198 g/mol. The van der Waals surface area contributed by atoms with Crippen molar-refractivity contribution in [2.24, 2.45) is 0 Å². The molecular formula is C11H10O4. The molecule has 1 aromatic heterocycles. The van der Waals surface area contributed by atoms with Crippen LogP contribution in [0.1, 0.15) is 8.22 Å². The van der Waals surface area contributed by atoms with Crippen molar-refractivity contribution in [3.8, 4) is 11.5 Å². The molecule has 0 fully saturated rings. The zero-order valence-corrected chi connectivity index (χ0v) is 7.44. The number of hydrogen-bond acceptors (Lipinski definition) is 4. The van der Waals surface area contributed by atoms with Gasteiger partial charge in [0.25, 0.3) is 0 Å². The van der Waals surface area contributed by atoms with E-state index in [4.69, 9.17) is 17.4 Å². The predicted molar refractivity (Wildman–Crippen MR) is 55.6 cm³/mol. The van der Waals surface area contributed by atoms with Crippen LogP contribution in [0.15, 0.2) is 33.5 Å². The summed E-state index contributed by atoms with van der Waals surface area (Å²) in [5, 5.41) is 0.367. The van der Waals surface area contributed by atoms with Gasteiger partial charge in [-0.25, -0.2) is 4.79 Å². The first-order chi connectivity index (χ1) is 9.53. The van der Waals surface area contributed by atoms with Crippen LogP contribution in [0.5, 0.6) is 11.5 Å². The lowest BCUT2D eigenvalue weighted by Crippen LogP contribution is -1.96. The Hall–Kier alpha value is -1.97. The van der Waals surface area contributed by atoms with Gasteiger partial charge in [0.2, 0.25) is 0 Å². The van der Waals surface area contributed by atoms with E-state index < -0.39 is 19.7 Å². The molecule has 0 amide bonds. The number of rotatable bonds is 2. The molecule has 2 aromatic rings. The molecule has 1 heterocycles. The molecule has 0 aliphatic heterocycles. The highest BCUT2D eigenvalue weighted by Gasteiger charge is 2.07. The normalized spacial score (nSPS) is 17.9. The molecule has 0 saturated heterocycles. The summed E-state index contributed by atoms with van der Waals surface area (Å²) in [6, 6.07) is 4.87. The Bertz CT molecular complexity index is 715.